The van der Waals surface area contributed by atoms with E-state index in [2.05, 4.69) is 34.6 Å². The molecule has 0 N–H and O–H groups in total. The second-order valence-corrected chi connectivity index (χ2v) is 8.03. The van der Waals surface area contributed by atoms with Crippen LogP contribution in [0.3, 0.4) is 0 Å². The summed E-state index contributed by atoms with van der Waals surface area (Å²) in [6.45, 7) is 12.5. The molecule has 1 saturated carbocycles. The minimum absolute atomic E-state index is 0.00748. The molecule has 0 aliphatic heterocycles. The molecular weight excluding hydrogens is 262 g/mol. The Morgan fingerprint density at radius 3 is 2.19 bits per heavy atom. The van der Waals surface area contributed by atoms with Crippen molar-refractivity contribution in [3.8, 4) is 0 Å². The molecule has 0 heterocycles. The number of ether oxygens (including phenoxy) is 1. The second-order valence-electron chi connectivity index (χ2n) is 8.03. The Kier molecular flexibility index (Phi) is 5.88. The van der Waals surface area contributed by atoms with Crippen molar-refractivity contribution < 1.29 is 9.53 Å². The first-order valence-electron chi connectivity index (χ1n) is 8.44. The van der Waals surface area contributed by atoms with E-state index in [1.165, 1.54) is 6.42 Å². The Morgan fingerprint density at radius 1 is 1.10 bits per heavy atom. The van der Waals surface area contributed by atoms with Gasteiger partial charge in [0.1, 0.15) is 6.61 Å². The highest BCUT2D eigenvalue weighted by atomic mass is 16.5. The molecule has 21 heavy (non-hydrogen) atoms. The Balaban J connectivity index is 2.90. The minimum Gasteiger partial charge on any atom is -0.464 e. The predicted molar refractivity (Wildman–Crippen MR) is 88.3 cm³/mol. The number of rotatable bonds is 6. The van der Waals surface area contributed by atoms with Crippen LogP contribution in [0.2, 0.25) is 0 Å². The van der Waals surface area contributed by atoms with Crippen LogP contribution in [0, 0.1) is 16.2 Å². The summed E-state index contributed by atoms with van der Waals surface area (Å²) in [7, 11) is 4.00. The smallest absolute Gasteiger partial charge is 0.312 e. The van der Waals surface area contributed by atoms with Crippen molar-refractivity contribution in [2.75, 3.05) is 27.2 Å². The van der Waals surface area contributed by atoms with Crippen LogP contribution in [0.15, 0.2) is 0 Å². The highest BCUT2D eigenvalue weighted by Gasteiger charge is 2.56. The van der Waals surface area contributed by atoms with Gasteiger partial charge in [0.2, 0.25) is 0 Å². The lowest BCUT2D eigenvalue weighted by molar-refractivity contribution is -0.173. The van der Waals surface area contributed by atoms with Crippen LogP contribution < -0.4 is 0 Å². The zero-order chi connectivity index (χ0) is 16.3. The van der Waals surface area contributed by atoms with E-state index in [0.29, 0.717) is 6.61 Å². The van der Waals surface area contributed by atoms with E-state index in [-0.39, 0.29) is 22.2 Å². The van der Waals surface area contributed by atoms with Crippen LogP contribution >= 0.6 is 0 Å². The molecule has 0 bridgehead atoms. The van der Waals surface area contributed by atoms with Crippen molar-refractivity contribution in [3.63, 3.8) is 0 Å². The normalized spacial score (nSPS) is 36.8. The minimum atomic E-state index is -0.364. The van der Waals surface area contributed by atoms with Crippen molar-refractivity contribution >= 4 is 5.97 Å². The van der Waals surface area contributed by atoms with Crippen molar-refractivity contribution in [3.05, 3.63) is 0 Å². The SMILES string of the molecule is CCC1(C)CCC(C)(CC)C(C)(C(=O)OCCN(C)C)C1. The number of hydrogen-bond donors (Lipinski definition) is 0. The van der Waals surface area contributed by atoms with Gasteiger partial charge in [0.25, 0.3) is 0 Å². The van der Waals surface area contributed by atoms with Gasteiger partial charge in [-0.1, -0.05) is 34.1 Å². The molecule has 1 fully saturated rings. The topological polar surface area (TPSA) is 29.5 Å². The van der Waals surface area contributed by atoms with Crippen LogP contribution in [0.4, 0.5) is 0 Å². The standard InChI is InChI=1S/C18H35NO2/c1-8-16(3)10-11-17(4,9-2)18(5,14-16)15(20)21-13-12-19(6)7/h8-14H2,1-7H3. The molecule has 3 heteroatoms. The average Bonchev–Trinajstić information content (AvgIpc) is 2.43. The molecule has 1 aliphatic carbocycles. The molecule has 1 aliphatic rings. The van der Waals surface area contributed by atoms with Gasteiger partial charge in [0, 0.05) is 6.54 Å². The summed E-state index contributed by atoms with van der Waals surface area (Å²) in [5, 5.41) is 0. The van der Waals surface area contributed by atoms with Crippen molar-refractivity contribution in [1.82, 2.24) is 4.90 Å². The number of nitrogens with zero attached hydrogens (tertiary/aromatic N) is 1. The molecule has 3 unspecified atom stereocenters. The summed E-state index contributed by atoms with van der Waals surface area (Å²) >= 11 is 0. The zero-order valence-electron chi connectivity index (χ0n) is 15.2. The maximum atomic E-state index is 12.8. The van der Waals surface area contributed by atoms with Crippen molar-refractivity contribution in [2.45, 2.75) is 66.7 Å². The van der Waals surface area contributed by atoms with Gasteiger partial charge in [0.05, 0.1) is 5.41 Å². The van der Waals surface area contributed by atoms with Crippen LogP contribution in [0.5, 0.6) is 0 Å². The highest BCUT2D eigenvalue weighted by Crippen LogP contribution is 2.59. The Labute approximate surface area is 131 Å². The number of likely N-dealkylation sites (N-methyl/N-ethyl adjacent to an activating group) is 1. The zero-order valence-corrected chi connectivity index (χ0v) is 15.2. The first-order chi connectivity index (χ1) is 9.62. The van der Waals surface area contributed by atoms with Gasteiger partial charge in [-0.05, 0) is 57.5 Å². The lowest BCUT2D eigenvalue weighted by Crippen LogP contribution is -2.51. The van der Waals surface area contributed by atoms with Gasteiger partial charge in [0.15, 0.2) is 0 Å². The molecule has 3 nitrogen and oxygen atoms in total. The van der Waals surface area contributed by atoms with E-state index in [9.17, 15) is 4.79 Å². The monoisotopic (exact) mass is 297 g/mol. The Hall–Kier alpha value is -0.570. The molecule has 0 radical (unpaired) electrons. The van der Waals surface area contributed by atoms with Crippen LogP contribution in [0.25, 0.3) is 0 Å². The molecular formula is C18H35NO2. The maximum Gasteiger partial charge on any atom is 0.312 e. The third-order valence-electron chi connectivity index (χ3n) is 6.25. The number of esters is 1. The molecule has 0 aromatic heterocycles. The summed E-state index contributed by atoms with van der Waals surface area (Å²) < 4.78 is 5.65. The average molecular weight is 297 g/mol. The molecule has 1 rings (SSSR count). The number of hydrogen-bond acceptors (Lipinski definition) is 3. The van der Waals surface area contributed by atoms with Crippen LogP contribution in [0.1, 0.15) is 66.7 Å². The maximum absolute atomic E-state index is 12.8. The summed E-state index contributed by atoms with van der Waals surface area (Å²) in [4.78, 5) is 14.9. The van der Waals surface area contributed by atoms with E-state index in [4.69, 9.17) is 4.74 Å². The van der Waals surface area contributed by atoms with Crippen molar-refractivity contribution in [1.29, 1.82) is 0 Å². The van der Waals surface area contributed by atoms with E-state index < -0.39 is 0 Å². The first-order valence-corrected chi connectivity index (χ1v) is 8.44. The fraction of sp³-hybridized carbons (Fsp3) is 0.944. The largest absolute Gasteiger partial charge is 0.464 e. The summed E-state index contributed by atoms with van der Waals surface area (Å²) in [5.41, 5.74) is -0.0437. The van der Waals surface area contributed by atoms with E-state index in [0.717, 1.165) is 32.2 Å². The summed E-state index contributed by atoms with van der Waals surface area (Å²) in [5.74, 6) is 0.00748. The molecule has 0 saturated heterocycles. The highest BCUT2D eigenvalue weighted by molar-refractivity contribution is 5.77. The Bertz CT molecular complexity index is 368. The summed E-state index contributed by atoms with van der Waals surface area (Å²) in [6, 6.07) is 0. The molecule has 124 valence electrons. The second kappa shape index (κ2) is 6.68. The van der Waals surface area contributed by atoms with Gasteiger partial charge in [-0.3, -0.25) is 4.79 Å². The van der Waals surface area contributed by atoms with Gasteiger partial charge in [-0.2, -0.15) is 0 Å². The van der Waals surface area contributed by atoms with E-state index in [1.54, 1.807) is 0 Å². The predicted octanol–water partition coefficient (Wildman–Crippen LogP) is 4.11. The lowest BCUT2D eigenvalue weighted by atomic mass is 9.50. The fourth-order valence-electron chi connectivity index (χ4n) is 3.68. The third-order valence-corrected chi connectivity index (χ3v) is 6.25. The van der Waals surface area contributed by atoms with Gasteiger partial charge in [-0.15, -0.1) is 0 Å². The molecule has 0 aromatic carbocycles. The first kappa shape index (κ1) is 18.5. The number of carbonyl (C=O) groups excluding carboxylic acids is 1. The number of carbonyl (C=O) groups is 1. The van der Waals surface area contributed by atoms with Crippen LogP contribution in [-0.2, 0) is 9.53 Å². The van der Waals surface area contributed by atoms with Gasteiger partial charge in [-0.25, -0.2) is 0 Å². The van der Waals surface area contributed by atoms with Gasteiger partial charge < -0.3 is 9.64 Å². The molecule has 0 aromatic rings. The molecule has 0 amide bonds. The third kappa shape index (κ3) is 3.80. The summed E-state index contributed by atoms with van der Waals surface area (Å²) in [6.07, 6.45) is 5.45. The fourth-order valence-corrected chi connectivity index (χ4v) is 3.68. The van der Waals surface area contributed by atoms with Gasteiger partial charge >= 0.3 is 5.97 Å². The van der Waals surface area contributed by atoms with E-state index in [1.807, 2.05) is 19.0 Å². The van der Waals surface area contributed by atoms with Crippen LogP contribution in [-0.4, -0.2) is 38.1 Å². The van der Waals surface area contributed by atoms with Crippen molar-refractivity contribution in [2.24, 2.45) is 16.2 Å². The lowest BCUT2D eigenvalue weighted by Gasteiger charge is -2.54. The van der Waals surface area contributed by atoms with E-state index >= 15 is 0 Å². The quantitative estimate of drug-likeness (QED) is 0.691. The molecule has 3 atom stereocenters. The Morgan fingerprint density at radius 2 is 1.71 bits per heavy atom. The molecule has 0 spiro atoms.